The van der Waals surface area contributed by atoms with E-state index in [1.165, 1.54) is 10.8 Å². The minimum Gasteiger partial charge on any atom is -0.151 e. The van der Waals surface area contributed by atoms with Crippen molar-refractivity contribution in [1.82, 2.24) is 0 Å². The summed E-state index contributed by atoms with van der Waals surface area (Å²) in [7, 11) is 0. The van der Waals surface area contributed by atoms with Gasteiger partial charge in [-0.2, -0.15) is 4.91 Å². The Labute approximate surface area is 63.2 Å². The zero-order valence-corrected chi connectivity index (χ0v) is 6.93. The van der Waals surface area contributed by atoms with Crippen LogP contribution in [0.3, 0.4) is 0 Å². The summed E-state index contributed by atoms with van der Waals surface area (Å²) < 4.78 is 1.19. The molecule has 0 saturated heterocycles. The maximum atomic E-state index is 9.52. The average Bonchev–Trinajstić information content (AvgIpc) is 1.81. The summed E-state index contributed by atoms with van der Waals surface area (Å²) in [5.74, 6) is 0. The van der Waals surface area contributed by atoms with E-state index in [1.807, 2.05) is 0 Å². The summed E-state index contributed by atoms with van der Waals surface area (Å²) in [6.45, 7) is 0.497. The molecule has 48 valence electrons. The minimum atomic E-state index is 0.497. The molecule has 0 rings (SSSR count). The summed E-state index contributed by atoms with van der Waals surface area (Å²) in [5.41, 5.74) is 0. The van der Waals surface area contributed by atoms with Crippen molar-refractivity contribution in [2.24, 2.45) is 5.18 Å². The zero-order chi connectivity index (χ0) is 6.24. The molecule has 0 bridgehead atoms. The second-order valence-corrected chi connectivity index (χ2v) is 2.68. The van der Waals surface area contributed by atoms with Gasteiger partial charge in [-0.3, -0.25) is 0 Å². The number of hydrogen-bond acceptors (Lipinski definition) is 2. The third-order valence-electron chi connectivity index (χ3n) is 0.883. The topological polar surface area (TPSA) is 29.4 Å². The molecule has 0 aromatic heterocycles. The molecule has 0 saturated carbocycles. The van der Waals surface area contributed by atoms with E-state index in [9.17, 15) is 4.91 Å². The van der Waals surface area contributed by atoms with Crippen molar-refractivity contribution in [3.63, 3.8) is 0 Å². The summed E-state index contributed by atoms with van der Waals surface area (Å²) >= 11 is 2.33. The van der Waals surface area contributed by atoms with Crippen molar-refractivity contribution in [3.05, 3.63) is 4.91 Å². The van der Waals surface area contributed by atoms with Gasteiger partial charge in [0.05, 0.1) is 6.54 Å². The van der Waals surface area contributed by atoms with Gasteiger partial charge in [0.15, 0.2) is 0 Å². The number of nitroso groups, excluding NO2 is 1. The lowest BCUT2D eigenvalue weighted by Crippen LogP contribution is -1.80. The quantitative estimate of drug-likeness (QED) is 0.307. The SMILES string of the molecule is O=NCCCCCI. The van der Waals surface area contributed by atoms with Crippen LogP contribution in [0.5, 0.6) is 0 Å². The van der Waals surface area contributed by atoms with E-state index in [2.05, 4.69) is 27.8 Å². The van der Waals surface area contributed by atoms with Crippen molar-refractivity contribution in [2.75, 3.05) is 11.0 Å². The van der Waals surface area contributed by atoms with E-state index in [0.717, 1.165) is 12.8 Å². The Morgan fingerprint density at radius 3 is 2.50 bits per heavy atom. The summed E-state index contributed by atoms with van der Waals surface area (Å²) in [6.07, 6.45) is 3.33. The van der Waals surface area contributed by atoms with Crippen molar-refractivity contribution in [2.45, 2.75) is 19.3 Å². The lowest BCUT2D eigenvalue weighted by molar-refractivity contribution is 0.735. The normalized spacial score (nSPS) is 9.12. The van der Waals surface area contributed by atoms with Gasteiger partial charge in [-0.05, 0) is 17.3 Å². The molecular weight excluding hydrogens is 217 g/mol. The van der Waals surface area contributed by atoms with Crippen molar-refractivity contribution >= 4 is 22.6 Å². The average molecular weight is 227 g/mol. The second-order valence-electron chi connectivity index (χ2n) is 1.60. The van der Waals surface area contributed by atoms with Crippen molar-refractivity contribution < 1.29 is 0 Å². The van der Waals surface area contributed by atoms with Crippen LogP contribution in [0.25, 0.3) is 0 Å². The third kappa shape index (κ3) is 6.33. The van der Waals surface area contributed by atoms with Crippen LogP contribution in [0.2, 0.25) is 0 Å². The highest BCUT2D eigenvalue weighted by Crippen LogP contribution is 1.98. The molecule has 0 heterocycles. The Morgan fingerprint density at radius 2 is 2.00 bits per heavy atom. The van der Waals surface area contributed by atoms with E-state index in [1.54, 1.807) is 0 Å². The molecule has 0 aliphatic heterocycles. The molecule has 3 heteroatoms. The van der Waals surface area contributed by atoms with Gasteiger partial charge in [0.2, 0.25) is 0 Å². The fourth-order valence-electron chi connectivity index (χ4n) is 0.448. The van der Waals surface area contributed by atoms with Gasteiger partial charge in [-0.15, -0.1) is 0 Å². The number of alkyl halides is 1. The Balaban J connectivity index is 2.62. The smallest absolute Gasteiger partial charge is 0.0811 e. The van der Waals surface area contributed by atoms with E-state index >= 15 is 0 Å². The Hall–Kier alpha value is 0.330. The van der Waals surface area contributed by atoms with Crippen LogP contribution >= 0.6 is 22.6 Å². The van der Waals surface area contributed by atoms with Crippen molar-refractivity contribution in [3.8, 4) is 0 Å². The van der Waals surface area contributed by atoms with E-state index in [-0.39, 0.29) is 0 Å². The fourth-order valence-corrected chi connectivity index (χ4v) is 0.987. The van der Waals surface area contributed by atoms with Crippen LogP contribution in [0.4, 0.5) is 0 Å². The molecule has 0 spiro atoms. The molecule has 0 unspecified atom stereocenters. The molecule has 0 aromatic carbocycles. The van der Waals surface area contributed by atoms with Crippen LogP contribution in [0.15, 0.2) is 5.18 Å². The predicted octanol–water partition coefficient (Wildman–Crippen LogP) is 2.36. The maximum absolute atomic E-state index is 9.52. The Morgan fingerprint density at radius 1 is 1.25 bits per heavy atom. The molecule has 0 amide bonds. The Bertz CT molecular complexity index is 58.4. The number of unbranched alkanes of at least 4 members (excludes halogenated alkanes) is 2. The number of nitrogens with zero attached hydrogens (tertiary/aromatic N) is 1. The first-order valence-electron chi connectivity index (χ1n) is 2.77. The third-order valence-corrected chi connectivity index (χ3v) is 1.65. The summed E-state index contributed by atoms with van der Waals surface area (Å²) in [4.78, 5) is 9.52. The van der Waals surface area contributed by atoms with Gasteiger partial charge < -0.3 is 0 Å². The van der Waals surface area contributed by atoms with Gasteiger partial charge in [-0.25, -0.2) is 0 Å². The van der Waals surface area contributed by atoms with Crippen LogP contribution in [-0.4, -0.2) is 11.0 Å². The number of hydrogen-bond donors (Lipinski definition) is 0. The summed E-state index contributed by atoms with van der Waals surface area (Å²) in [6, 6.07) is 0. The molecule has 8 heavy (non-hydrogen) atoms. The van der Waals surface area contributed by atoms with Crippen LogP contribution < -0.4 is 0 Å². The predicted molar refractivity (Wildman–Crippen MR) is 43.4 cm³/mol. The van der Waals surface area contributed by atoms with Crippen LogP contribution in [0.1, 0.15) is 19.3 Å². The number of rotatable bonds is 5. The monoisotopic (exact) mass is 227 g/mol. The highest BCUT2D eigenvalue weighted by molar-refractivity contribution is 14.1. The second kappa shape index (κ2) is 7.33. The first kappa shape index (κ1) is 8.33. The van der Waals surface area contributed by atoms with E-state index in [4.69, 9.17) is 0 Å². The standard InChI is InChI=1S/C5H10INO/c6-4-2-1-3-5-7-8/h1-5H2. The lowest BCUT2D eigenvalue weighted by atomic mass is 10.3. The molecule has 2 nitrogen and oxygen atoms in total. The highest BCUT2D eigenvalue weighted by Gasteiger charge is 1.84. The van der Waals surface area contributed by atoms with E-state index in [0.29, 0.717) is 6.54 Å². The van der Waals surface area contributed by atoms with E-state index < -0.39 is 0 Å². The van der Waals surface area contributed by atoms with Gasteiger partial charge in [-0.1, -0.05) is 34.2 Å². The van der Waals surface area contributed by atoms with Gasteiger partial charge in [0.25, 0.3) is 0 Å². The maximum Gasteiger partial charge on any atom is 0.0811 e. The number of halogens is 1. The molecule has 0 atom stereocenters. The molecule has 0 aliphatic carbocycles. The van der Waals surface area contributed by atoms with Gasteiger partial charge in [0.1, 0.15) is 0 Å². The zero-order valence-electron chi connectivity index (χ0n) is 4.77. The largest absolute Gasteiger partial charge is 0.151 e. The first-order chi connectivity index (χ1) is 3.91. The minimum absolute atomic E-state index is 0.497. The summed E-state index contributed by atoms with van der Waals surface area (Å²) in [5, 5.41) is 2.76. The molecule has 0 aromatic rings. The van der Waals surface area contributed by atoms with Crippen molar-refractivity contribution in [1.29, 1.82) is 0 Å². The van der Waals surface area contributed by atoms with Crippen LogP contribution in [-0.2, 0) is 0 Å². The molecule has 0 aliphatic rings. The molecule has 0 fully saturated rings. The molecular formula is C5H10INO. The molecule has 0 radical (unpaired) electrons. The van der Waals surface area contributed by atoms with Crippen LogP contribution in [0, 0.1) is 4.91 Å². The molecule has 0 N–H and O–H groups in total. The first-order valence-corrected chi connectivity index (χ1v) is 4.29. The highest BCUT2D eigenvalue weighted by atomic mass is 127. The fraction of sp³-hybridized carbons (Fsp3) is 1.00. The van der Waals surface area contributed by atoms with Gasteiger partial charge in [0, 0.05) is 0 Å². The van der Waals surface area contributed by atoms with Gasteiger partial charge >= 0.3 is 0 Å². The Kier molecular flexibility index (Phi) is 7.63. The lowest BCUT2D eigenvalue weighted by Gasteiger charge is -1.88.